The van der Waals surface area contributed by atoms with Gasteiger partial charge in [-0.3, -0.25) is 4.98 Å². The molecule has 0 fully saturated rings. The van der Waals surface area contributed by atoms with E-state index in [4.69, 9.17) is 0 Å². The Kier molecular flexibility index (Phi) is 4.31. The summed E-state index contributed by atoms with van der Waals surface area (Å²) in [7, 11) is 0. The number of nitrogens with zero attached hydrogens (tertiary/aromatic N) is 1. The first-order valence-electron chi connectivity index (χ1n) is 5.93. The molecule has 0 spiro atoms. The first-order chi connectivity index (χ1) is 7.04. The van der Waals surface area contributed by atoms with Gasteiger partial charge in [-0.1, -0.05) is 40.2 Å². The standard InChI is InChI=1S/C14H23N/c1-5-13(14(2,3)4)9-8-12-7-6-10-15-11-12/h6-7,10-11,13H,5,8-9H2,1-4H3. The molecule has 0 aliphatic rings. The predicted octanol–water partition coefficient (Wildman–Crippen LogP) is 4.09. The molecule has 1 unspecified atom stereocenters. The van der Waals surface area contributed by atoms with Gasteiger partial charge < -0.3 is 0 Å². The van der Waals surface area contributed by atoms with E-state index < -0.39 is 0 Å². The van der Waals surface area contributed by atoms with Gasteiger partial charge in [-0.2, -0.15) is 0 Å². The molecular formula is C14H23N. The van der Waals surface area contributed by atoms with Crippen LogP contribution in [0.4, 0.5) is 0 Å². The maximum atomic E-state index is 4.15. The molecule has 15 heavy (non-hydrogen) atoms. The fourth-order valence-corrected chi connectivity index (χ4v) is 2.14. The SMILES string of the molecule is CCC(CCc1cccnc1)C(C)(C)C. The van der Waals surface area contributed by atoms with Crippen molar-refractivity contribution in [2.24, 2.45) is 11.3 Å². The highest BCUT2D eigenvalue weighted by Gasteiger charge is 2.22. The Hall–Kier alpha value is -0.850. The molecular weight excluding hydrogens is 182 g/mol. The first-order valence-corrected chi connectivity index (χ1v) is 5.93. The molecule has 0 aliphatic heterocycles. The van der Waals surface area contributed by atoms with Gasteiger partial charge in [-0.25, -0.2) is 0 Å². The van der Waals surface area contributed by atoms with Crippen molar-refractivity contribution in [3.63, 3.8) is 0 Å². The molecule has 1 nitrogen and oxygen atoms in total. The van der Waals surface area contributed by atoms with Crippen LogP contribution in [0.5, 0.6) is 0 Å². The average molecular weight is 205 g/mol. The Balaban J connectivity index is 2.49. The van der Waals surface area contributed by atoms with Crippen LogP contribution in [0.3, 0.4) is 0 Å². The summed E-state index contributed by atoms with van der Waals surface area (Å²) in [4.78, 5) is 4.15. The van der Waals surface area contributed by atoms with Crippen LogP contribution in [0.2, 0.25) is 0 Å². The van der Waals surface area contributed by atoms with Crippen molar-refractivity contribution in [1.82, 2.24) is 4.98 Å². The Labute approximate surface area is 93.9 Å². The van der Waals surface area contributed by atoms with Crippen LogP contribution in [0.1, 0.15) is 46.1 Å². The maximum Gasteiger partial charge on any atom is 0.0299 e. The molecule has 1 rings (SSSR count). The molecule has 0 amide bonds. The van der Waals surface area contributed by atoms with Crippen molar-refractivity contribution >= 4 is 0 Å². The maximum absolute atomic E-state index is 4.15. The van der Waals surface area contributed by atoms with Crippen molar-refractivity contribution in [2.45, 2.75) is 47.0 Å². The fourth-order valence-electron chi connectivity index (χ4n) is 2.14. The van der Waals surface area contributed by atoms with Crippen molar-refractivity contribution in [1.29, 1.82) is 0 Å². The molecule has 1 heterocycles. The molecule has 1 atom stereocenters. The molecule has 0 N–H and O–H groups in total. The summed E-state index contributed by atoms with van der Waals surface area (Å²) in [5.74, 6) is 0.803. The highest BCUT2D eigenvalue weighted by Crippen LogP contribution is 2.32. The Morgan fingerprint density at radius 3 is 2.53 bits per heavy atom. The van der Waals surface area contributed by atoms with Gasteiger partial charge in [-0.05, 0) is 35.8 Å². The number of hydrogen-bond acceptors (Lipinski definition) is 1. The van der Waals surface area contributed by atoms with E-state index >= 15 is 0 Å². The molecule has 1 aromatic heterocycles. The summed E-state index contributed by atoms with van der Waals surface area (Å²) in [6.45, 7) is 9.30. The van der Waals surface area contributed by atoms with Gasteiger partial charge in [0.2, 0.25) is 0 Å². The van der Waals surface area contributed by atoms with Gasteiger partial charge in [0.05, 0.1) is 0 Å². The molecule has 1 aromatic rings. The van der Waals surface area contributed by atoms with E-state index in [0.717, 1.165) is 12.3 Å². The van der Waals surface area contributed by atoms with Gasteiger partial charge in [-0.15, -0.1) is 0 Å². The minimum absolute atomic E-state index is 0.428. The lowest BCUT2D eigenvalue weighted by Crippen LogP contribution is -2.20. The second-order valence-electron chi connectivity index (χ2n) is 5.37. The van der Waals surface area contributed by atoms with E-state index in [1.54, 1.807) is 0 Å². The molecule has 0 saturated carbocycles. The number of hydrogen-bond donors (Lipinski definition) is 0. The van der Waals surface area contributed by atoms with Crippen molar-refractivity contribution in [3.05, 3.63) is 30.1 Å². The normalized spacial score (nSPS) is 13.9. The lowest BCUT2D eigenvalue weighted by atomic mass is 9.76. The van der Waals surface area contributed by atoms with Gasteiger partial charge in [0.1, 0.15) is 0 Å². The van der Waals surface area contributed by atoms with Crippen LogP contribution >= 0.6 is 0 Å². The molecule has 0 radical (unpaired) electrons. The Morgan fingerprint density at radius 2 is 2.07 bits per heavy atom. The zero-order chi connectivity index (χ0) is 11.3. The summed E-state index contributed by atoms with van der Waals surface area (Å²) in [6.07, 6.45) is 7.51. The second kappa shape index (κ2) is 5.29. The van der Waals surface area contributed by atoms with Crippen LogP contribution in [0.25, 0.3) is 0 Å². The summed E-state index contributed by atoms with van der Waals surface area (Å²) < 4.78 is 0. The average Bonchev–Trinajstić information content (AvgIpc) is 2.18. The first kappa shape index (κ1) is 12.2. The van der Waals surface area contributed by atoms with E-state index in [2.05, 4.69) is 38.7 Å². The highest BCUT2D eigenvalue weighted by molar-refractivity contribution is 5.08. The van der Waals surface area contributed by atoms with Crippen LogP contribution in [0, 0.1) is 11.3 Å². The summed E-state index contributed by atoms with van der Waals surface area (Å²) in [5.41, 5.74) is 1.79. The van der Waals surface area contributed by atoms with Crippen molar-refractivity contribution < 1.29 is 0 Å². The van der Waals surface area contributed by atoms with E-state index in [-0.39, 0.29) is 0 Å². The Bertz CT molecular complexity index is 271. The van der Waals surface area contributed by atoms with Crippen LogP contribution < -0.4 is 0 Å². The second-order valence-corrected chi connectivity index (χ2v) is 5.37. The third-order valence-corrected chi connectivity index (χ3v) is 3.22. The number of aryl methyl sites for hydroxylation is 1. The van der Waals surface area contributed by atoms with Crippen LogP contribution in [-0.2, 0) is 6.42 Å². The minimum atomic E-state index is 0.428. The highest BCUT2D eigenvalue weighted by atomic mass is 14.6. The van der Waals surface area contributed by atoms with Crippen LogP contribution in [0.15, 0.2) is 24.5 Å². The topological polar surface area (TPSA) is 12.9 Å². The lowest BCUT2D eigenvalue weighted by Gasteiger charge is -2.29. The number of aromatic nitrogens is 1. The molecule has 0 saturated heterocycles. The molecule has 0 aliphatic carbocycles. The summed E-state index contributed by atoms with van der Waals surface area (Å²) in [5, 5.41) is 0. The largest absolute Gasteiger partial charge is 0.264 e. The van der Waals surface area contributed by atoms with Crippen molar-refractivity contribution in [3.8, 4) is 0 Å². The third kappa shape index (κ3) is 4.03. The van der Waals surface area contributed by atoms with E-state index in [9.17, 15) is 0 Å². The van der Waals surface area contributed by atoms with E-state index in [0.29, 0.717) is 5.41 Å². The molecule has 1 heteroatoms. The zero-order valence-corrected chi connectivity index (χ0v) is 10.5. The van der Waals surface area contributed by atoms with Gasteiger partial charge in [0.25, 0.3) is 0 Å². The van der Waals surface area contributed by atoms with Crippen molar-refractivity contribution in [2.75, 3.05) is 0 Å². The fraction of sp³-hybridized carbons (Fsp3) is 0.643. The predicted molar refractivity (Wildman–Crippen MR) is 65.8 cm³/mol. The number of pyridine rings is 1. The molecule has 0 aromatic carbocycles. The monoisotopic (exact) mass is 205 g/mol. The van der Waals surface area contributed by atoms with Crippen LogP contribution in [-0.4, -0.2) is 4.98 Å². The van der Waals surface area contributed by atoms with Gasteiger partial charge in [0.15, 0.2) is 0 Å². The minimum Gasteiger partial charge on any atom is -0.264 e. The quantitative estimate of drug-likeness (QED) is 0.721. The number of rotatable bonds is 4. The smallest absolute Gasteiger partial charge is 0.0299 e. The zero-order valence-electron chi connectivity index (χ0n) is 10.5. The molecule has 84 valence electrons. The molecule has 0 bridgehead atoms. The summed E-state index contributed by atoms with van der Waals surface area (Å²) in [6, 6.07) is 4.19. The lowest BCUT2D eigenvalue weighted by molar-refractivity contribution is 0.219. The van der Waals surface area contributed by atoms with Gasteiger partial charge >= 0.3 is 0 Å². The van der Waals surface area contributed by atoms with E-state index in [1.165, 1.54) is 18.4 Å². The Morgan fingerprint density at radius 1 is 1.33 bits per heavy atom. The van der Waals surface area contributed by atoms with Gasteiger partial charge in [0, 0.05) is 12.4 Å². The van der Waals surface area contributed by atoms with E-state index in [1.807, 2.05) is 18.5 Å². The summed E-state index contributed by atoms with van der Waals surface area (Å²) >= 11 is 0. The third-order valence-electron chi connectivity index (χ3n) is 3.22.